The van der Waals surface area contributed by atoms with E-state index in [1.54, 1.807) is 0 Å². The highest BCUT2D eigenvalue weighted by molar-refractivity contribution is 5.74. The molecule has 2 aliphatic heterocycles. The molecule has 2 aromatic carbocycles. The predicted molar refractivity (Wildman–Crippen MR) is 123 cm³/mol. The second kappa shape index (κ2) is 11.2. The summed E-state index contributed by atoms with van der Waals surface area (Å²) in [6.45, 7) is 6.40. The van der Waals surface area contributed by atoms with Crippen molar-refractivity contribution in [3.8, 4) is 0 Å². The van der Waals surface area contributed by atoms with Crippen LogP contribution in [0.1, 0.15) is 37.8 Å². The summed E-state index contributed by atoms with van der Waals surface area (Å²) < 4.78 is 10.8. The Labute approximate surface area is 196 Å². The molecule has 0 N–H and O–H groups in total. The van der Waals surface area contributed by atoms with Gasteiger partial charge in [-0.25, -0.2) is 9.63 Å². The first-order valence-corrected chi connectivity index (χ1v) is 11.7. The number of esters is 1. The average Bonchev–Trinajstić information content (AvgIpc) is 3.28. The van der Waals surface area contributed by atoms with Crippen LogP contribution in [0.2, 0.25) is 0 Å². The topological polar surface area (TPSA) is 60.5 Å². The van der Waals surface area contributed by atoms with Gasteiger partial charge in [0.25, 0.3) is 0 Å². The lowest BCUT2D eigenvalue weighted by Gasteiger charge is -2.44. The van der Waals surface area contributed by atoms with Crippen LogP contribution in [0.4, 0.5) is 0 Å². The highest BCUT2D eigenvalue weighted by Gasteiger charge is 2.50. The largest absolute Gasteiger partial charge is 0.467 e. The lowest BCUT2D eigenvalue weighted by atomic mass is 9.84. The van der Waals surface area contributed by atoms with Crippen LogP contribution in [0.25, 0.3) is 0 Å². The minimum absolute atomic E-state index is 0.0603. The summed E-state index contributed by atoms with van der Waals surface area (Å²) in [7, 11) is 1.38. The molecule has 0 saturated carbocycles. The van der Waals surface area contributed by atoms with Crippen molar-refractivity contribution in [1.29, 1.82) is 0 Å². The van der Waals surface area contributed by atoms with Crippen molar-refractivity contribution in [2.75, 3.05) is 13.7 Å². The first kappa shape index (κ1) is 23.9. The van der Waals surface area contributed by atoms with Gasteiger partial charge in [0.1, 0.15) is 0 Å². The van der Waals surface area contributed by atoms with E-state index in [1.165, 1.54) is 23.5 Å². The van der Waals surface area contributed by atoms with E-state index in [0.29, 0.717) is 13.0 Å². The Morgan fingerprint density at radius 3 is 2.18 bits per heavy atom. The zero-order valence-corrected chi connectivity index (χ0v) is 19.6. The molecule has 0 amide bonds. The van der Waals surface area contributed by atoms with Crippen LogP contribution in [-0.4, -0.2) is 54.3 Å². The Morgan fingerprint density at radius 2 is 1.64 bits per heavy atom. The number of carbonyl (C=O) groups is 1. The lowest BCUT2D eigenvalue weighted by Crippen LogP contribution is -2.53. The second-order valence-corrected chi connectivity index (χ2v) is 8.71. The molecule has 2 heterocycles. The van der Waals surface area contributed by atoms with E-state index in [9.17, 15) is 4.79 Å². The highest BCUT2D eigenvalue weighted by Crippen LogP contribution is 2.39. The third-order valence-corrected chi connectivity index (χ3v) is 6.61. The van der Waals surface area contributed by atoms with Crippen molar-refractivity contribution >= 4 is 5.97 Å². The SMILES string of the molecule is CCO[C@@H]1C[C@H]([C@H](C)N(Cc2ccccc2)Cc2ccccc2)[C@H]2C[C@H](C(=O)OC)ON2O1. The maximum absolute atomic E-state index is 12.2. The molecule has 5 atom stereocenters. The first-order valence-electron chi connectivity index (χ1n) is 11.7. The molecule has 0 spiro atoms. The van der Waals surface area contributed by atoms with E-state index >= 15 is 0 Å². The number of hydrogen-bond acceptors (Lipinski definition) is 7. The third-order valence-electron chi connectivity index (χ3n) is 6.61. The zero-order valence-electron chi connectivity index (χ0n) is 19.6. The van der Waals surface area contributed by atoms with Crippen molar-refractivity contribution in [2.45, 2.75) is 64.3 Å². The first-order chi connectivity index (χ1) is 16.1. The number of nitrogens with zero attached hydrogens (tertiary/aromatic N) is 2. The van der Waals surface area contributed by atoms with E-state index in [2.05, 4.69) is 60.4 Å². The zero-order chi connectivity index (χ0) is 23.2. The van der Waals surface area contributed by atoms with Gasteiger partial charge in [0.05, 0.1) is 13.2 Å². The summed E-state index contributed by atoms with van der Waals surface area (Å²) in [5.74, 6) is -0.199. The highest BCUT2D eigenvalue weighted by atomic mass is 17.0. The number of carbonyl (C=O) groups excluding carboxylic acids is 1. The van der Waals surface area contributed by atoms with Crippen molar-refractivity contribution in [1.82, 2.24) is 10.1 Å². The maximum Gasteiger partial charge on any atom is 0.337 e. The molecule has 178 valence electrons. The molecular formula is C26H34N2O5. The van der Waals surface area contributed by atoms with E-state index in [1.807, 2.05) is 19.1 Å². The van der Waals surface area contributed by atoms with Crippen LogP contribution in [0.15, 0.2) is 60.7 Å². The monoisotopic (exact) mass is 454 g/mol. The van der Waals surface area contributed by atoms with Crippen molar-refractivity contribution in [3.63, 3.8) is 0 Å². The van der Waals surface area contributed by atoms with Crippen LogP contribution in [0.3, 0.4) is 0 Å². The Morgan fingerprint density at radius 1 is 1.03 bits per heavy atom. The molecule has 2 aromatic rings. The smallest absolute Gasteiger partial charge is 0.337 e. The van der Waals surface area contributed by atoms with Gasteiger partial charge < -0.3 is 9.47 Å². The molecule has 0 aliphatic carbocycles. The predicted octanol–water partition coefficient (Wildman–Crippen LogP) is 3.94. The summed E-state index contributed by atoms with van der Waals surface area (Å²) in [6.07, 6.45) is 0.190. The molecule has 4 rings (SSSR count). The molecule has 7 heteroatoms. The minimum atomic E-state index is -0.660. The van der Waals surface area contributed by atoms with Gasteiger partial charge in [-0.3, -0.25) is 9.74 Å². The fourth-order valence-electron chi connectivity index (χ4n) is 4.85. The summed E-state index contributed by atoms with van der Waals surface area (Å²) in [5, 5.41) is 1.50. The number of fused-ring (bicyclic) bond motifs is 1. The summed E-state index contributed by atoms with van der Waals surface area (Å²) in [4.78, 5) is 26.4. The van der Waals surface area contributed by atoms with Gasteiger partial charge in [-0.05, 0) is 30.9 Å². The molecule has 0 radical (unpaired) electrons. The van der Waals surface area contributed by atoms with Crippen molar-refractivity contribution in [2.24, 2.45) is 5.92 Å². The average molecular weight is 455 g/mol. The second-order valence-electron chi connectivity index (χ2n) is 8.71. The lowest BCUT2D eigenvalue weighted by molar-refractivity contribution is -0.442. The fraction of sp³-hybridized carbons (Fsp3) is 0.500. The molecule has 2 aliphatic rings. The van der Waals surface area contributed by atoms with Crippen LogP contribution in [-0.2, 0) is 37.0 Å². The number of hydrogen-bond donors (Lipinski definition) is 0. The van der Waals surface area contributed by atoms with Crippen LogP contribution < -0.4 is 0 Å². The molecule has 0 aromatic heterocycles. The van der Waals surface area contributed by atoms with Gasteiger partial charge in [-0.1, -0.05) is 65.9 Å². The van der Waals surface area contributed by atoms with Gasteiger partial charge in [0.2, 0.25) is 0 Å². The number of benzene rings is 2. The molecule has 0 bridgehead atoms. The van der Waals surface area contributed by atoms with E-state index < -0.39 is 12.4 Å². The van der Waals surface area contributed by atoms with Crippen molar-refractivity contribution in [3.05, 3.63) is 71.8 Å². The quantitative estimate of drug-likeness (QED) is 0.532. The van der Waals surface area contributed by atoms with E-state index in [0.717, 1.165) is 19.5 Å². The van der Waals surface area contributed by atoms with Gasteiger partial charge in [0.15, 0.2) is 12.4 Å². The van der Waals surface area contributed by atoms with Gasteiger partial charge in [-0.15, -0.1) is 0 Å². The number of methoxy groups -OCH3 is 1. The van der Waals surface area contributed by atoms with E-state index in [4.69, 9.17) is 19.1 Å². The van der Waals surface area contributed by atoms with Crippen LogP contribution >= 0.6 is 0 Å². The summed E-state index contributed by atoms with van der Waals surface area (Å²) in [6, 6.07) is 21.2. The number of ether oxygens (including phenoxy) is 2. The van der Waals surface area contributed by atoms with Crippen molar-refractivity contribution < 1.29 is 23.9 Å². The third kappa shape index (κ3) is 5.80. The Kier molecular flexibility index (Phi) is 8.11. The fourth-order valence-corrected chi connectivity index (χ4v) is 4.85. The molecule has 2 fully saturated rings. The molecular weight excluding hydrogens is 420 g/mol. The molecule has 0 unspecified atom stereocenters. The maximum atomic E-state index is 12.2. The Hall–Kier alpha value is -2.29. The van der Waals surface area contributed by atoms with Gasteiger partial charge in [-0.2, -0.15) is 0 Å². The number of rotatable bonds is 9. The van der Waals surface area contributed by atoms with Crippen LogP contribution in [0.5, 0.6) is 0 Å². The van der Waals surface area contributed by atoms with Gasteiger partial charge in [0, 0.05) is 38.6 Å². The molecule has 2 saturated heterocycles. The minimum Gasteiger partial charge on any atom is -0.467 e. The molecule has 33 heavy (non-hydrogen) atoms. The van der Waals surface area contributed by atoms with Gasteiger partial charge >= 0.3 is 5.97 Å². The Balaban J connectivity index is 1.58. The molecule has 7 nitrogen and oxygen atoms in total. The number of hydroxylamine groups is 2. The standard InChI is InChI=1S/C26H34N2O5/c1-4-31-25-15-22(23-16-24(26(29)30-3)32-28(23)33-25)19(2)27(17-20-11-7-5-8-12-20)18-21-13-9-6-10-14-21/h5-14,19,22-25H,4,15-18H2,1-3H3/t19-,22+,23+,24+,25-/m0/s1. The normalized spacial score (nSPS) is 26.2. The summed E-state index contributed by atoms with van der Waals surface area (Å²) >= 11 is 0. The summed E-state index contributed by atoms with van der Waals surface area (Å²) in [5.41, 5.74) is 2.53. The Bertz CT molecular complexity index is 839. The van der Waals surface area contributed by atoms with E-state index in [-0.39, 0.29) is 24.0 Å². The van der Waals surface area contributed by atoms with Crippen LogP contribution in [0, 0.1) is 5.92 Å².